The number of nitrogens with one attached hydrogen (secondary N) is 1. The zero-order valence-electron chi connectivity index (χ0n) is 8.57. The Morgan fingerprint density at radius 3 is 2.93 bits per heavy atom. The van der Waals surface area contributed by atoms with Crippen LogP contribution in [0.4, 0.5) is 0 Å². The van der Waals surface area contributed by atoms with Crippen LogP contribution in [0.2, 0.25) is 0 Å². The molecule has 2 rings (SSSR count). The lowest BCUT2D eigenvalue weighted by Gasteiger charge is -2.11. The van der Waals surface area contributed by atoms with E-state index in [0.717, 1.165) is 24.9 Å². The molecule has 0 radical (unpaired) electrons. The van der Waals surface area contributed by atoms with Gasteiger partial charge in [-0.15, -0.1) is 0 Å². The van der Waals surface area contributed by atoms with E-state index in [4.69, 9.17) is 5.11 Å². The zero-order chi connectivity index (χ0) is 10.7. The van der Waals surface area contributed by atoms with E-state index < -0.39 is 5.97 Å². The van der Waals surface area contributed by atoms with Crippen molar-refractivity contribution in [3.05, 3.63) is 35.4 Å². The molecule has 80 valence electrons. The molecule has 0 aliphatic carbocycles. The molecule has 1 atom stereocenters. The lowest BCUT2D eigenvalue weighted by atomic mass is 9.99. The van der Waals surface area contributed by atoms with Crippen molar-refractivity contribution >= 4 is 5.97 Å². The molecule has 0 amide bonds. The summed E-state index contributed by atoms with van der Waals surface area (Å²) in [7, 11) is 0. The lowest BCUT2D eigenvalue weighted by Crippen LogP contribution is -2.24. The number of aromatic carboxylic acids is 1. The Morgan fingerprint density at radius 2 is 2.27 bits per heavy atom. The fourth-order valence-electron chi connectivity index (χ4n) is 2.10. The predicted octanol–water partition coefficient (Wildman–Crippen LogP) is 1.68. The summed E-state index contributed by atoms with van der Waals surface area (Å²) in [5.41, 5.74) is 1.37. The Hall–Kier alpha value is -1.35. The number of benzene rings is 1. The highest BCUT2D eigenvalue weighted by Crippen LogP contribution is 2.15. The monoisotopic (exact) mass is 205 g/mol. The largest absolute Gasteiger partial charge is 0.478 e. The maximum atomic E-state index is 11.0. The molecule has 1 heterocycles. The topological polar surface area (TPSA) is 49.3 Å². The maximum absolute atomic E-state index is 11.0. The molecule has 1 saturated heterocycles. The Kier molecular flexibility index (Phi) is 3.02. The van der Waals surface area contributed by atoms with E-state index in [9.17, 15) is 4.79 Å². The first-order valence-electron chi connectivity index (χ1n) is 5.32. The van der Waals surface area contributed by atoms with Crippen LogP contribution in [-0.4, -0.2) is 23.7 Å². The standard InChI is InChI=1S/C12H15NO2/c14-12(15)11-6-2-1-4-9(11)8-10-5-3-7-13-10/h1-2,4,6,10,13H,3,5,7-8H2,(H,14,15). The summed E-state index contributed by atoms with van der Waals surface area (Å²) < 4.78 is 0. The molecule has 1 fully saturated rings. The quantitative estimate of drug-likeness (QED) is 0.789. The van der Waals surface area contributed by atoms with Crippen molar-refractivity contribution in [3.8, 4) is 0 Å². The van der Waals surface area contributed by atoms with Gasteiger partial charge in [0, 0.05) is 6.04 Å². The highest BCUT2D eigenvalue weighted by molar-refractivity contribution is 5.89. The Morgan fingerprint density at radius 1 is 1.47 bits per heavy atom. The second kappa shape index (κ2) is 4.45. The molecule has 1 aliphatic rings. The Balaban J connectivity index is 2.15. The minimum absolute atomic E-state index is 0.436. The molecule has 15 heavy (non-hydrogen) atoms. The molecule has 0 saturated carbocycles. The van der Waals surface area contributed by atoms with Crippen LogP contribution < -0.4 is 5.32 Å². The van der Waals surface area contributed by atoms with E-state index in [1.54, 1.807) is 12.1 Å². The fourth-order valence-corrected chi connectivity index (χ4v) is 2.10. The molecule has 0 aromatic heterocycles. The third-order valence-electron chi connectivity index (χ3n) is 2.88. The molecule has 1 aromatic carbocycles. The van der Waals surface area contributed by atoms with Crippen molar-refractivity contribution < 1.29 is 9.90 Å². The average Bonchev–Trinajstić information content (AvgIpc) is 2.71. The van der Waals surface area contributed by atoms with Crippen molar-refractivity contribution in [2.45, 2.75) is 25.3 Å². The Labute approximate surface area is 89.1 Å². The zero-order valence-corrected chi connectivity index (χ0v) is 8.57. The van der Waals surface area contributed by atoms with Crippen molar-refractivity contribution in [3.63, 3.8) is 0 Å². The normalized spacial score (nSPS) is 20.4. The van der Waals surface area contributed by atoms with Crippen molar-refractivity contribution in [1.82, 2.24) is 5.32 Å². The third-order valence-corrected chi connectivity index (χ3v) is 2.88. The second-order valence-electron chi connectivity index (χ2n) is 3.96. The fraction of sp³-hybridized carbons (Fsp3) is 0.417. The van der Waals surface area contributed by atoms with Crippen LogP contribution in [0.3, 0.4) is 0 Å². The highest BCUT2D eigenvalue weighted by Gasteiger charge is 2.17. The first kappa shape index (κ1) is 10.2. The first-order chi connectivity index (χ1) is 7.27. The van der Waals surface area contributed by atoms with E-state index in [1.807, 2.05) is 12.1 Å². The number of carboxylic acids is 1. The van der Waals surface area contributed by atoms with Gasteiger partial charge >= 0.3 is 5.97 Å². The molecular formula is C12H15NO2. The van der Waals surface area contributed by atoms with Crippen LogP contribution >= 0.6 is 0 Å². The third kappa shape index (κ3) is 2.36. The van der Waals surface area contributed by atoms with E-state index in [-0.39, 0.29) is 0 Å². The molecule has 2 N–H and O–H groups in total. The SMILES string of the molecule is O=C(O)c1ccccc1CC1CCCN1. The van der Waals surface area contributed by atoms with Crippen LogP contribution in [0.5, 0.6) is 0 Å². The summed E-state index contributed by atoms with van der Waals surface area (Å²) >= 11 is 0. The van der Waals surface area contributed by atoms with E-state index in [0.29, 0.717) is 11.6 Å². The number of hydrogen-bond acceptors (Lipinski definition) is 2. The van der Waals surface area contributed by atoms with Gasteiger partial charge in [0.15, 0.2) is 0 Å². The summed E-state index contributed by atoms with van der Waals surface area (Å²) in [5.74, 6) is -0.830. The van der Waals surface area contributed by atoms with Crippen molar-refractivity contribution in [2.75, 3.05) is 6.54 Å². The molecule has 0 spiro atoms. The first-order valence-corrected chi connectivity index (χ1v) is 5.32. The van der Waals surface area contributed by atoms with E-state index in [1.165, 1.54) is 6.42 Å². The van der Waals surface area contributed by atoms with Gasteiger partial charge in [-0.3, -0.25) is 0 Å². The average molecular weight is 205 g/mol. The molecule has 1 aromatic rings. The predicted molar refractivity (Wildman–Crippen MR) is 58.1 cm³/mol. The summed E-state index contributed by atoms with van der Waals surface area (Å²) in [5, 5.41) is 12.4. The number of carbonyl (C=O) groups is 1. The van der Waals surface area contributed by atoms with Crippen LogP contribution in [0.15, 0.2) is 24.3 Å². The molecule has 3 heteroatoms. The van der Waals surface area contributed by atoms with Crippen molar-refractivity contribution in [2.24, 2.45) is 0 Å². The molecule has 1 unspecified atom stereocenters. The summed E-state index contributed by atoms with van der Waals surface area (Å²) in [6.45, 7) is 1.06. The minimum Gasteiger partial charge on any atom is -0.478 e. The minimum atomic E-state index is -0.830. The van der Waals surface area contributed by atoms with Crippen LogP contribution in [0.1, 0.15) is 28.8 Å². The lowest BCUT2D eigenvalue weighted by molar-refractivity contribution is 0.0695. The van der Waals surface area contributed by atoms with Crippen molar-refractivity contribution in [1.29, 1.82) is 0 Å². The van der Waals surface area contributed by atoms with Gasteiger partial charge in [-0.05, 0) is 37.4 Å². The number of rotatable bonds is 3. The van der Waals surface area contributed by atoms with Gasteiger partial charge in [-0.25, -0.2) is 4.79 Å². The van der Waals surface area contributed by atoms with Gasteiger partial charge in [0.05, 0.1) is 5.56 Å². The van der Waals surface area contributed by atoms with Gasteiger partial charge in [-0.2, -0.15) is 0 Å². The van der Waals surface area contributed by atoms with Gasteiger partial charge < -0.3 is 10.4 Å². The molecule has 3 nitrogen and oxygen atoms in total. The molecular weight excluding hydrogens is 190 g/mol. The Bertz CT molecular complexity index is 356. The van der Waals surface area contributed by atoms with E-state index >= 15 is 0 Å². The van der Waals surface area contributed by atoms with Gasteiger partial charge in [0.2, 0.25) is 0 Å². The number of carboxylic acid groups (broad SMARTS) is 1. The van der Waals surface area contributed by atoms with Crippen LogP contribution in [-0.2, 0) is 6.42 Å². The smallest absolute Gasteiger partial charge is 0.335 e. The molecule has 0 bridgehead atoms. The summed E-state index contributed by atoms with van der Waals surface area (Å²) in [6.07, 6.45) is 3.16. The van der Waals surface area contributed by atoms with Crippen LogP contribution in [0.25, 0.3) is 0 Å². The van der Waals surface area contributed by atoms with Gasteiger partial charge in [-0.1, -0.05) is 18.2 Å². The van der Waals surface area contributed by atoms with Gasteiger partial charge in [0.25, 0.3) is 0 Å². The van der Waals surface area contributed by atoms with Crippen LogP contribution in [0, 0.1) is 0 Å². The molecule has 1 aliphatic heterocycles. The van der Waals surface area contributed by atoms with Gasteiger partial charge in [0.1, 0.15) is 0 Å². The maximum Gasteiger partial charge on any atom is 0.335 e. The summed E-state index contributed by atoms with van der Waals surface area (Å²) in [4.78, 5) is 11.0. The highest BCUT2D eigenvalue weighted by atomic mass is 16.4. The summed E-state index contributed by atoms with van der Waals surface area (Å²) in [6, 6.07) is 7.70. The number of hydrogen-bond donors (Lipinski definition) is 2. The second-order valence-corrected chi connectivity index (χ2v) is 3.96. The van der Waals surface area contributed by atoms with E-state index in [2.05, 4.69) is 5.32 Å².